The van der Waals surface area contributed by atoms with Gasteiger partial charge in [0.25, 0.3) is 0 Å². The van der Waals surface area contributed by atoms with Crippen molar-refractivity contribution in [3.8, 4) is 0 Å². The van der Waals surface area contributed by atoms with Crippen LogP contribution in [0.5, 0.6) is 0 Å². The number of methoxy groups -OCH3 is 1. The minimum absolute atomic E-state index is 0.00660. The van der Waals surface area contributed by atoms with Crippen LogP contribution >= 0.6 is 0 Å². The van der Waals surface area contributed by atoms with Crippen LogP contribution in [0.1, 0.15) is 38.5 Å². The highest BCUT2D eigenvalue weighted by Gasteiger charge is 2.38. The maximum absolute atomic E-state index is 11.9. The maximum Gasteiger partial charge on any atom is 0.310 e. The average Bonchev–Trinajstić information content (AvgIpc) is 2.38. The average molecular weight is 239 g/mol. The lowest BCUT2D eigenvalue weighted by molar-refractivity contribution is -0.151. The van der Waals surface area contributed by atoms with Crippen LogP contribution in [0, 0.1) is 17.8 Å². The third kappa shape index (κ3) is 3.01. The second kappa shape index (κ2) is 5.85. The van der Waals surface area contributed by atoms with E-state index in [9.17, 15) is 4.79 Å². The van der Waals surface area contributed by atoms with E-state index < -0.39 is 0 Å². The molecule has 0 aromatic heterocycles. The Morgan fingerprint density at radius 2 is 1.88 bits per heavy atom. The van der Waals surface area contributed by atoms with E-state index in [-0.39, 0.29) is 11.9 Å². The van der Waals surface area contributed by atoms with Crippen molar-refractivity contribution in [1.82, 2.24) is 4.90 Å². The van der Waals surface area contributed by atoms with Gasteiger partial charge in [0.15, 0.2) is 0 Å². The van der Waals surface area contributed by atoms with Gasteiger partial charge in [-0.15, -0.1) is 0 Å². The number of likely N-dealkylation sites (tertiary alicyclic amines) is 1. The summed E-state index contributed by atoms with van der Waals surface area (Å²) in [5.74, 6) is 1.45. The Morgan fingerprint density at radius 1 is 1.18 bits per heavy atom. The first-order valence-electron chi connectivity index (χ1n) is 6.98. The molecule has 3 heteroatoms. The van der Waals surface area contributed by atoms with Gasteiger partial charge in [0.05, 0.1) is 13.0 Å². The Bertz CT molecular complexity index is 261. The Balaban J connectivity index is 2.03. The van der Waals surface area contributed by atoms with E-state index in [4.69, 9.17) is 4.74 Å². The quantitative estimate of drug-likeness (QED) is 0.693. The van der Waals surface area contributed by atoms with Crippen LogP contribution in [0.15, 0.2) is 0 Å². The van der Waals surface area contributed by atoms with Gasteiger partial charge in [-0.3, -0.25) is 4.79 Å². The maximum atomic E-state index is 11.9. The monoisotopic (exact) mass is 239 g/mol. The fraction of sp³-hybridized carbons (Fsp3) is 0.929. The fourth-order valence-electron chi connectivity index (χ4n) is 3.66. The predicted octanol–water partition coefficient (Wildman–Crippen LogP) is 2.31. The van der Waals surface area contributed by atoms with E-state index in [1.54, 1.807) is 0 Å². The molecule has 3 nitrogen and oxygen atoms in total. The van der Waals surface area contributed by atoms with Gasteiger partial charge < -0.3 is 9.64 Å². The van der Waals surface area contributed by atoms with Crippen LogP contribution in [0.2, 0.25) is 0 Å². The highest BCUT2D eigenvalue weighted by molar-refractivity contribution is 5.73. The lowest BCUT2D eigenvalue weighted by Gasteiger charge is -2.40. The molecule has 0 aromatic carbocycles. The second-order valence-electron chi connectivity index (χ2n) is 5.74. The predicted molar refractivity (Wildman–Crippen MR) is 67.7 cm³/mol. The van der Waals surface area contributed by atoms with Crippen molar-refractivity contribution in [2.75, 3.05) is 27.2 Å². The highest BCUT2D eigenvalue weighted by Crippen LogP contribution is 2.38. The van der Waals surface area contributed by atoms with Crippen molar-refractivity contribution in [3.63, 3.8) is 0 Å². The number of esters is 1. The van der Waals surface area contributed by atoms with Gasteiger partial charge in [-0.2, -0.15) is 0 Å². The number of piperidine rings is 1. The molecule has 1 saturated heterocycles. The van der Waals surface area contributed by atoms with E-state index in [2.05, 4.69) is 11.9 Å². The summed E-state index contributed by atoms with van der Waals surface area (Å²) in [4.78, 5) is 14.2. The number of ether oxygens (including phenoxy) is 1. The summed E-state index contributed by atoms with van der Waals surface area (Å²) in [6, 6.07) is 0. The molecule has 1 heterocycles. The zero-order valence-electron chi connectivity index (χ0n) is 11.2. The van der Waals surface area contributed by atoms with Gasteiger partial charge in [0.2, 0.25) is 0 Å². The first-order valence-corrected chi connectivity index (χ1v) is 6.98. The zero-order valence-corrected chi connectivity index (χ0v) is 11.2. The number of carbonyl (C=O) groups is 1. The van der Waals surface area contributed by atoms with Crippen LogP contribution in [-0.4, -0.2) is 38.1 Å². The van der Waals surface area contributed by atoms with Gasteiger partial charge in [-0.1, -0.05) is 32.1 Å². The van der Waals surface area contributed by atoms with Crippen molar-refractivity contribution in [2.24, 2.45) is 17.8 Å². The molecule has 0 aromatic rings. The zero-order chi connectivity index (χ0) is 12.3. The lowest BCUT2D eigenvalue weighted by Crippen LogP contribution is -2.45. The molecule has 2 atom stereocenters. The molecule has 0 bridgehead atoms. The van der Waals surface area contributed by atoms with E-state index in [0.717, 1.165) is 19.0 Å². The molecule has 1 saturated carbocycles. The number of rotatable bonds is 2. The van der Waals surface area contributed by atoms with Crippen molar-refractivity contribution in [3.05, 3.63) is 0 Å². The van der Waals surface area contributed by atoms with Gasteiger partial charge in [-0.25, -0.2) is 0 Å². The van der Waals surface area contributed by atoms with Crippen LogP contribution < -0.4 is 0 Å². The van der Waals surface area contributed by atoms with E-state index >= 15 is 0 Å². The lowest BCUT2D eigenvalue weighted by atomic mass is 9.71. The van der Waals surface area contributed by atoms with Gasteiger partial charge in [-0.05, 0) is 31.8 Å². The molecule has 0 radical (unpaired) electrons. The summed E-state index contributed by atoms with van der Waals surface area (Å²) in [6.07, 6.45) is 7.90. The molecular weight excluding hydrogens is 214 g/mol. The van der Waals surface area contributed by atoms with Crippen molar-refractivity contribution in [1.29, 1.82) is 0 Å². The first kappa shape index (κ1) is 12.9. The van der Waals surface area contributed by atoms with Crippen LogP contribution in [0.25, 0.3) is 0 Å². The molecule has 98 valence electrons. The van der Waals surface area contributed by atoms with Gasteiger partial charge in [0, 0.05) is 6.54 Å². The minimum atomic E-state index is 0.00660. The smallest absolute Gasteiger partial charge is 0.310 e. The molecular formula is C14H25NO2. The summed E-state index contributed by atoms with van der Waals surface area (Å²) in [6.45, 7) is 2.02. The van der Waals surface area contributed by atoms with Gasteiger partial charge >= 0.3 is 5.97 Å². The summed E-state index contributed by atoms with van der Waals surface area (Å²) in [5.41, 5.74) is 0. The largest absolute Gasteiger partial charge is 0.469 e. The third-order valence-corrected chi connectivity index (χ3v) is 4.63. The molecule has 2 rings (SSSR count). The minimum Gasteiger partial charge on any atom is -0.469 e. The summed E-state index contributed by atoms with van der Waals surface area (Å²) in [5, 5.41) is 0. The first-order chi connectivity index (χ1) is 8.22. The van der Waals surface area contributed by atoms with E-state index in [1.165, 1.54) is 45.6 Å². The highest BCUT2D eigenvalue weighted by atomic mass is 16.5. The number of carbonyl (C=O) groups excluding carboxylic acids is 1. The molecule has 0 amide bonds. The Hall–Kier alpha value is -0.570. The molecule has 17 heavy (non-hydrogen) atoms. The van der Waals surface area contributed by atoms with Crippen molar-refractivity contribution in [2.45, 2.75) is 38.5 Å². The summed E-state index contributed by atoms with van der Waals surface area (Å²) in [7, 11) is 3.63. The fourth-order valence-corrected chi connectivity index (χ4v) is 3.66. The number of hydrogen-bond acceptors (Lipinski definition) is 3. The Kier molecular flexibility index (Phi) is 4.43. The molecule has 2 fully saturated rings. The van der Waals surface area contributed by atoms with E-state index in [1.807, 2.05) is 0 Å². The topological polar surface area (TPSA) is 29.5 Å². The van der Waals surface area contributed by atoms with Crippen molar-refractivity contribution < 1.29 is 9.53 Å². The second-order valence-corrected chi connectivity index (χ2v) is 5.74. The summed E-state index contributed by atoms with van der Waals surface area (Å²) < 4.78 is 4.99. The molecule has 1 aliphatic carbocycles. The molecule has 2 aliphatic rings. The molecule has 0 N–H and O–H groups in total. The number of hydrogen-bond donors (Lipinski definition) is 0. The molecule has 0 unspecified atom stereocenters. The van der Waals surface area contributed by atoms with Crippen LogP contribution in [0.3, 0.4) is 0 Å². The summed E-state index contributed by atoms with van der Waals surface area (Å²) >= 11 is 0. The van der Waals surface area contributed by atoms with Gasteiger partial charge in [0.1, 0.15) is 0 Å². The van der Waals surface area contributed by atoms with Crippen LogP contribution in [-0.2, 0) is 9.53 Å². The molecule has 1 aliphatic heterocycles. The molecule has 0 spiro atoms. The van der Waals surface area contributed by atoms with Crippen molar-refractivity contribution >= 4 is 5.97 Å². The Morgan fingerprint density at radius 3 is 2.53 bits per heavy atom. The number of nitrogens with zero attached hydrogens (tertiary/aromatic N) is 1. The Labute approximate surface area is 105 Å². The normalized spacial score (nSPS) is 32.4. The SMILES string of the molecule is COC(=O)[C@@H]1CN(C)CC[C@@H]1C1CCCCC1. The standard InChI is InChI=1S/C14H25NO2/c1-15-9-8-12(11-6-4-3-5-7-11)13(10-15)14(16)17-2/h11-13H,3-10H2,1-2H3/t12-,13-/m1/s1. The van der Waals surface area contributed by atoms with E-state index in [0.29, 0.717) is 5.92 Å². The van der Waals surface area contributed by atoms with Crippen LogP contribution in [0.4, 0.5) is 0 Å². The third-order valence-electron chi connectivity index (χ3n) is 4.63.